The summed E-state index contributed by atoms with van der Waals surface area (Å²) in [6.07, 6.45) is 4.51. The van der Waals surface area contributed by atoms with E-state index in [4.69, 9.17) is 0 Å². The lowest BCUT2D eigenvalue weighted by molar-refractivity contribution is 0.685. The second-order valence-corrected chi connectivity index (χ2v) is 4.04. The predicted molar refractivity (Wildman–Crippen MR) is 58.4 cm³/mol. The Morgan fingerprint density at radius 2 is 2.29 bits per heavy atom. The number of aromatic nitrogens is 1. The Labute approximate surface area is 85.1 Å². The van der Waals surface area contributed by atoms with Crippen molar-refractivity contribution < 1.29 is 0 Å². The summed E-state index contributed by atoms with van der Waals surface area (Å²) in [5.41, 5.74) is 1.28. The summed E-state index contributed by atoms with van der Waals surface area (Å²) in [5.74, 6) is 1.07. The number of anilines is 1. The van der Waals surface area contributed by atoms with Gasteiger partial charge in [0.05, 0.1) is 0 Å². The zero-order valence-electron chi connectivity index (χ0n) is 8.83. The molecule has 0 spiro atoms. The van der Waals surface area contributed by atoms with Crippen molar-refractivity contribution in [3.8, 4) is 0 Å². The van der Waals surface area contributed by atoms with E-state index in [-0.39, 0.29) is 0 Å². The highest BCUT2D eigenvalue weighted by Crippen LogP contribution is 2.21. The SMILES string of the molecule is CN(C)c1ncccc1CNC1CC1. The second kappa shape index (κ2) is 3.96. The van der Waals surface area contributed by atoms with Crippen LogP contribution in [0.25, 0.3) is 0 Å². The highest BCUT2D eigenvalue weighted by molar-refractivity contribution is 5.45. The molecule has 1 fully saturated rings. The third-order valence-electron chi connectivity index (χ3n) is 2.45. The van der Waals surface area contributed by atoms with Crippen LogP contribution in [0.2, 0.25) is 0 Å². The van der Waals surface area contributed by atoms with Gasteiger partial charge in [0.25, 0.3) is 0 Å². The minimum atomic E-state index is 0.755. The fraction of sp³-hybridized carbons (Fsp3) is 0.545. The molecule has 0 atom stereocenters. The van der Waals surface area contributed by atoms with Crippen LogP contribution in [0.5, 0.6) is 0 Å². The van der Waals surface area contributed by atoms with Crippen molar-refractivity contribution >= 4 is 5.82 Å². The van der Waals surface area contributed by atoms with Gasteiger partial charge in [0.1, 0.15) is 5.82 Å². The summed E-state index contributed by atoms with van der Waals surface area (Å²) in [6.45, 7) is 0.937. The molecule has 14 heavy (non-hydrogen) atoms. The Kier molecular flexibility index (Phi) is 2.68. The zero-order chi connectivity index (χ0) is 9.97. The van der Waals surface area contributed by atoms with Gasteiger partial charge in [-0.1, -0.05) is 6.07 Å². The number of nitrogens with one attached hydrogen (secondary N) is 1. The van der Waals surface area contributed by atoms with Crippen LogP contribution in [0.1, 0.15) is 18.4 Å². The molecule has 2 rings (SSSR count). The van der Waals surface area contributed by atoms with Gasteiger partial charge in [-0.25, -0.2) is 4.98 Å². The fourth-order valence-electron chi connectivity index (χ4n) is 1.51. The first-order valence-electron chi connectivity index (χ1n) is 5.12. The quantitative estimate of drug-likeness (QED) is 0.779. The predicted octanol–water partition coefficient (Wildman–Crippen LogP) is 1.40. The van der Waals surface area contributed by atoms with Crippen LogP contribution >= 0.6 is 0 Å². The summed E-state index contributed by atoms with van der Waals surface area (Å²) >= 11 is 0. The highest BCUT2D eigenvalue weighted by Gasteiger charge is 2.20. The highest BCUT2D eigenvalue weighted by atomic mass is 15.1. The largest absolute Gasteiger partial charge is 0.362 e. The van der Waals surface area contributed by atoms with Gasteiger partial charge in [0, 0.05) is 38.4 Å². The molecule has 0 amide bonds. The standard InChI is InChI=1S/C11H17N3/c1-14(2)11-9(4-3-7-12-11)8-13-10-5-6-10/h3-4,7,10,13H,5-6,8H2,1-2H3. The molecule has 1 aliphatic rings. The Balaban J connectivity index is 2.05. The topological polar surface area (TPSA) is 28.2 Å². The van der Waals surface area contributed by atoms with Crippen LogP contribution in [0.15, 0.2) is 18.3 Å². The maximum absolute atomic E-state index is 4.36. The van der Waals surface area contributed by atoms with E-state index in [1.165, 1.54) is 18.4 Å². The smallest absolute Gasteiger partial charge is 0.132 e. The van der Waals surface area contributed by atoms with E-state index in [1.54, 1.807) is 0 Å². The monoisotopic (exact) mass is 191 g/mol. The number of rotatable bonds is 4. The lowest BCUT2D eigenvalue weighted by Crippen LogP contribution is -2.19. The Morgan fingerprint density at radius 3 is 2.93 bits per heavy atom. The fourth-order valence-corrected chi connectivity index (χ4v) is 1.51. The first kappa shape index (κ1) is 9.46. The van der Waals surface area contributed by atoms with Crippen LogP contribution in [-0.2, 0) is 6.54 Å². The minimum Gasteiger partial charge on any atom is -0.362 e. The Hall–Kier alpha value is -1.09. The van der Waals surface area contributed by atoms with Crippen molar-refractivity contribution in [2.75, 3.05) is 19.0 Å². The summed E-state index contributed by atoms with van der Waals surface area (Å²) in [4.78, 5) is 6.42. The molecule has 0 aliphatic heterocycles. The molecule has 3 heteroatoms. The molecular weight excluding hydrogens is 174 g/mol. The van der Waals surface area contributed by atoms with Crippen molar-refractivity contribution in [2.45, 2.75) is 25.4 Å². The van der Waals surface area contributed by atoms with Gasteiger partial charge >= 0.3 is 0 Å². The molecule has 1 aromatic heterocycles. The average molecular weight is 191 g/mol. The van der Waals surface area contributed by atoms with Crippen LogP contribution < -0.4 is 10.2 Å². The normalized spacial score (nSPS) is 15.6. The summed E-state index contributed by atoms with van der Waals surface area (Å²) in [7, 11) is 4.06. The van der Waals surface area contributed by atoms with Crippen molar-refractivity contribution in [3.05, 3.63) is 23.9 Å². The van der Waals surface area contributed by atoms with E-state index < -0.39 is 0 Å². The zero-order valence-corrected chi connectivity index (χ0v) is 8.83. The molecule has 0 radical (unpaired) electrons. The minimum absolute atomic E-state index is 0.755. The summed E-state index contributed by atoms with van der Waals surface area (Å²) in [6, 6.07) is 4.89. The first-order chi connectivity index (χ1) is 6.77. The lowest BCUT2D eigenvalue weighted by Gasteiger charge is -2.15. The molecule has 1 saturated carbocycles. The number of nitrogens with zero attached hydrogens (tertiary/aromatic N) is 2. The van der Waals surface area contributed by atoms with Crippen molar-refractivity contribution in [3.63, 3.8) is 0 Å². The van der Waals surface area contributed by atoms with E-state index in [0.29, 0.717) is 0 Å². The van der Waals surface area contributed by atoms with Gasteiger partial charge in [0.2, 0.25) is 0 Å². The lowest BCUT2D eigenvalue weighted by atomic mass is 10.2. The second-order valence-electron chi connectivity index (χ2n) is 4.04. The molecule has 0 saturated heterocycles. The van der Waals surface area contributed by atoms with Gasteiger partial charge in [-0.15, -0.1) is 0 Å². The molecule has 1 aliphatic carbocycles. The van der Waals surface area contributed by atoms with Crippen LogP contribution in [-0.4, -0.2) is 25.1 Å². The van der Waals surface area contributed by atoms with Crippen LogP contribution in [0.4, 0.5) is 5.82 Å². The van der Waals surface area contributed by atoms with E-state index in [2.05, 4.69) is 21.3 Å². The number of hydrogen-bond acceptors (Lipinski definition) is 3. The first-order valence-corrected chi connectivity index (χ1v) is 5.12. The molecule has 1 heterocycles. The number of hydrogen-bond donors (Lipinski definition) is 1. The molecule has 0 unspecified atom stereocenters. The average Bonchev–Trinajstić information content (AvgIpc) is 2.98. The maximum atomic E-state index is 4.36. The van der Waals surface area contributed by atoms with Gasteiger partial charge in [0.15, 0.2) is 0 Å². The van der Waals surface area contributed by atoms with E-state index in [1.807, 2.05) is 26.4 Å². The van der Waals surface area contributed by atoms with E-state index in [0.717, 1.165) is 18.4 Å². The van der Waals surface area contributed by atoms with Crippen molar-refractivity contribution in [1.29, 1.82) is 0 Å². The molecule has 0 aromatic carbocycles. The van der Waals surface area contributed by atoms with Crippen LogP contribution in [0.3, 0.4) is 0 Å². The molecular formula is C11H17N3. The molecule has 1 N–H and O–H groups in total. The molecule has 3 nitrogen and oxygen atoms in total. The van der Waals surface area contributed by atoms with Crippen molar-refractivity contribution in [1.82, 2.24) is 10.3 Å². The van der Waals surface area contributed by atoms with E-state index >= 15 is 0 Å². The van der Waals surface area contributed by atoms with Gasteiger partial charge in [-0.2, -0.15) is 0 Å². The van der Waals surface area contributed by atoms with Gasteiger partial charge in [-0.3, -0.25) is 0 Å². The Bertz CT molecular complexity index is 305. The molecule has 1 aromatic rings. The molecule has 76 valence electrons. The van der Waals surface area contributed by atoms with E-state index in [9.17, 15) is 0 Å². The summed E-state index contributed by atoms with van der Waals surface area (Å²) in [5, 5.41) is 3.50. The number of pyridine rings is 1. The van der Waals surface area contributed by atoms with Gasteiger partial charge in [-0.05, 0) is 18.9 Å². The third kappa shape index (κ3) is 2.23. The van der Waals surface area contributed by atoms with Crippen molar-refractivity contribution in [2.24, 2.45) is 0 Å². The van der Waals surface area contributed by atoms with Crippen LogP contribution in [0, 0.1) is 0 Å². The summed E-state index contributed by atoms with van der Waals surface area (Å²) < 4.78 is 0. The Morgan fingerprint density at radius 1 is 1.50 bits per heavy atom. The maximum Gasteiger partial charge on any atom is 0.132 e. The third-order valence-corrected chi connectivity index (χ3v) is 2.45. The molecule has 0 bridgehead atoms. The van der Waals surface area contributed by atoms with Gasteiger partial charge < -0.3 is 10.2 Å².